The van der Waals surface area contributed by atoms with Crippen molar-refractivity contribution in [3.05, 3.63) is 45.7 Å². The Hall–Kier alpha value is -2.21. The Kier molecular flexibility index (Phi) is 5.50. The average Bonchev–Trinajstić information content (AvgIpc) is 3.15. The summed E-state index contributed by atoms with van der Waals surface area (Å²) in [6, 6.07) is 1.99. The van der Waals surface area contributed by atoms with E-state index >= 15 is 0 Å². The Balaban J connectivity index is 2.49. The summed E-state index contributed by atoms with van der Waals surface area (Å²) in [6.45, 7) is 5.72. The smallest absolute Gasteiger partial charge is 0.345 e. The number of aryl methyl sites for hydroxylation is 1. The van der Waals surface area contributed by atoms with Gasteiger partial charge in [-0.25, -0.2) is 9.59 Å². The molecule has 1 aliphatic heterocycles. The van der Waals surface area contributed by atoms with Gasteiger partial charge in [0, 0.05) is 11.1 Å². The van der Waals surface area contributed by atoms with Crippen LogP contribution in [-0.4, -0.2) is 31.4 Å². The van der Waals surface area contributed by atoms with Gasteiger partial charge in [0.1, 0.15) is 11.1 Å². The molecule has 0 saturated carbocycles. The number of thiophene rings is 1. The van der Waals surface area contributed by atoms with Gasteiger partial charge in [0.05, 0.1) is 13.2 Å². The highest BCUT2D eigenvalue weighted by Gasteiger charge is 2.33. The van der Waals surface area contributed by atoms with Crippen molar-refractivity contribution in [2.24, 2.45) is 4.99 Å². The molecule has 122 valence electrons. The number of allylic oxidation sites excluding steroid dienone is 1. The summed E-state index contributed by atoms with van der Waals surface area (Å²) in [5.41, 5.74) is -0.114. The van der Waals surface area contributed by atoms with Gasteiger partial charge in [0.25, 0.3) is 0 Å². The zero-order chi connectivity index (χ0) is 16.9. The molecule has 1 unspecified atom stereocenters. The Bertz CT molecular complexity index is 653. The fraction of sp³-hybridized carbons (Fsp3) is 0.353. The van der Waals surface area contributed by atoms with E-state index in [1.807, 2.05) is 24.4 Å². The monoisotopic (exact) mass is 333 g/mol. The molecule has 0 radical (unpaired) electrons. The first-order chi connectivity index (χ1) is 11.0. The molecule has 0 N–H and O–H groups in total. The first-order valence-corrected chi connectivity index (χ1v) is 8.26. The van der Waals surface area contributed by atoms with E-state index in [4.69, 9.17) is 9.47 Å². The minimum atomic E-state index is -0.875. The molecule has 2 heterocycles. The molecule has 0 aliphatic carbocycles. The van der Waals surface area contributed by atoms with Crippen LogP contribution in [0.25, 0.3) is 0 Å². The van der Waals surface area contributed by atoms with Crippen molar-refractivity contribution in [1.29, 1.82) is 0 Å². The molecule has 0 saturated heterocycles. The zero-order valence-corrected chi connectivity index (χ0v) is 14.2. The molecule has 0 amide bonds. The van der Waals surface area contributed by atoms with E-state index in [1.54, 1.807) is 37.5 Å². The number of hydrogen-bond donors (Lipinski definition) is 0. The molecule has 2 rings (SSSR count). The second-order valence-electron chi connectivity index (χ2n) is 4.91. The largest absolute Gasteiger partial charge is 0.462 e. The van der Waals surface area contributed by atoms with Crippen LogP contribution in [0.2, 0.25) is 0 Å². The number of carbonyl (C=O) groups is 2. The quantitative estimate of drug-likeness (QED) is 0.347. The van der Waals surface area contributed by atoms with E-state index in [0.29, 0.717) is 0 Å². The van der Waals surface area contributed by atoms with Crippen molar-refractivity contribution < 1.29 is 19.1 Å². The molecule has 1 aromatic heterocycles. The van der Waals surface area contributed by atoms with E-state index in [-0.39, 0.29) is 18.8 Å². The van der Waals surface area contributed by atoms with Gasteiger partial charge in [0.2, 0.25) is 0 Å². The highest BCUT2D eigenvalue weighted by Crippen LogP contribution is 2.35. The molecule has 0 bridgehead atoms. The second kappa shape index (κ2) is 7.37. The fourth-order valence-corrected chi connectivity index (χ4v) is 3.00. The zero-order valence-electron chi connectivity index (χ0n) is 13.4. The van der Waals surface area contributed by atoms with Crippen LogP contribution in [0.5, 0.6) is 0 Å². The molecular weight excluding hydrogens is 314 g/mol. The highest BCUT2D eigenvalue weighted by atomic mass is 32.1. The number of hydrogen-bond acceptors (Lipinski definition) is 6. The molecule has 23 heavy (non-hydrogen) atoms. The number of esters is 2. The lowest BCUT2D eigenvalue weighted by Gasteiger charge is -2.20. The summed E-state index contributed by atoms with van der Waals surface area (Å²) in [6.07, 6.45) is 6.80. The minimum absolute atomic E-state index is 0.138. The Morgan fingerprint density at radius 3 is 2.35 bits per heavy atom. The van der Waals surface area contributed by atoms with Gasteiger partial charge in [0.15, 0.2) is 0 Å². The fourth-order valence-electron chi connectivity index (χ4n) is 2.23. The predicted molar refractivity (Wildman–Crippen MR) is 89.7 cm³/mol. The van der Waals surface area contributed by atoms with Crippen LogP contribution in [0, 0.1) is 6.92 Å². The number of aliphatic imine (C=N–C) groups is 1. The maximum atomic E-state index is 12.2. The third kappa shape index (κ3) is 3.76. The first kappa shape index (κ1) is 17.1. The van der Waals surface area contributed by atoms with Gasteiger partial charge in [-0.2, -0.15) is 0 Å². The maximum Gasteiger partial charge on any atom is 0.345 e. The molecule has 1 aromatic rings. The lowest BCUT2D eigenvalue weighted by molar-refractivity contribution is -0.146. The minimum Gasteiger partial charge on any atom is -0.462 e. The van der Waals surface area contributed by atoms with Gasteiger partial charge >= 0.3 is 11.9 Å². The number of nitrogens with zero attached hydrogens (tertiary/aromatic N) is 1. The van der Waals surface area contributed by atoms with Crippen LogP contribution in [0.3, 0.4) is 0 Å². The summed E-state index contributed by atoms with van der Waals surface area (Å²) in [4.78, 5) is 29.9. The second-order valence-corrected chi connectivity index (χ2v) is 6.02. The van der Waals surface area contributed by atoms with Crippen molar-refractivity contribution in [3.8, 4) is 0 Å². The third-order valence-corrected chi connectivity index (χ3v) is 4.13. The summed E-state index contributed by atoms with van der Waals surface area (Å²) < 4.78 is 9.97. The third-order valence-electron chi connectivity index (χ3n) is 3.27. The van der Waals surface area contributed by atoms with E-state index in [2.05, 4.69) is 4.99 Å². The Morgan fingerprint density at radius 1 is 1.26 bits per heavy atom. The van der Waals surface area contributed by atoms with Crippen molar-refractivity contribution in [3.63, 3.8) is 0 Å². The van der Waals surface area contributed by atoms with Crippen LogP contribution in [0.4, 0.5) is 0 Å². The first-order valence-electron chi connectivity index (χ1n) is 7.38. The number of rotatable bonds is 6. The molecule has 0 fully saturated rings. The molecular formula is C17H19NO4S. The van der Waals surface area contributed by atoms with E-state index in [9.17, 15) is 9.59 Å². The Labute approximate surface area is 139 Å². The molecule has 0 aromatic carbocycles. The molecule has 5 nitrogen and oxygen atoms in total. The van der Waals surface area contributed by atoms with Crippen LogP contribution in [0.15, 0.2) is 40.2 Å². The number of ether oxygens (including phenoxy) is 2. The van der Waals surface area contributed by atoms with E-state index in [1.165, 1.54) is 6.08 Å². The van der Waals surface area contributed by atoms with Gasteiger partial charge in [-0.3, -0.25) is 4.99 Å². The maximum absolute atomic E-state index is 12.2. The van der Waals surface area contributed by atoms with Gasteiger partial charge in [-0.05, 0) is 56.0 Å². The summed E-state index contributed by atoms with van der Waals surface area (Å²) in [5.74, 6) is -1.40. The van der Waals surface area contributed by atoms with Crippen molar-refractivity contribution in [2.45, 2.75) is 26.3 Å². The lowest BCUT2D eigenvalue weighted by Crippen LogP contribution is -2.24. The van der Waals surface area contributed by atoms with Crippen molar-refractivity contribution >= 4 is 29.5 Å². The standard InChI is InChI=1S/C17H19NO4S/c1-4-21-15(19)14(16(20)22-5-2)10-17(7-6-8-18-17)13-9-12(3)23-11-13/h6-11H,4-5H2,1-3H3. The van der Waals surface area contributed by atoms with Crippen LogP contribution in [0.1, 0.15) is 24.3 Å². The summed E-state index contributed by atoms with van der Waals surface area (Å²) in [5, 5.41) is 1.97. The summed E-state index contributed by atoms with van der Waals surface area (Å²) in [7, 11) is 0. The van der Waals surface area contributed by atoms with E-state index in [0.717, 1.165) is 10.4 Å². The van der Waals surface area contributed by atoms with Crippen molar-refractivity contribution in [2.75, 3.05) is 13.2 Å². The highest BCUT2D eigenvalue weighted by molar-refractivity contribution is 7.10. The Morgan fingerprint density at radius 2 is 1.91 bits per heavy atom. The molecule has 1 atom stereocenters. The van der Waals surface area contributed by atoms with Gasteiger partial charge < -0.3 is 9.47 Å². The van der Waals surface area contributed by atoms with Gasteiger partial charge in [-0.1, -0.05) is 0 Å². The molecule has 6 heteroatoms. The van der Waals surface area contributed by atoms with Crippen LogP contribution >= 0.6 is 11.3 Å². The average molecular weight is 333 g/mol. The summed E-state index contributed by atoms with van der Waals surface area (Å²) >= 11 is 1.58. The normalized spacial score (nSPS) is 18.7. The van der Waals surface area contributed by atoms with Crippen molar-refractivity contribution in [1.82, 2.24) is 0 Å². The van der Waals surface area contributed by atoms with Crippen LogP contribution < -0.4 is 0 Å². The number of carbonyl (C=O) groups excluding carboxylic acids is 2. The molecule has 1 aliphatic rings. The molecule has 0 spiro atoms. The SMILES string of the molecule is CCOC(=O)C(=CC1(c2csc(C)c2)C=CC=N1)C(=O)OCC. The lowest BCUT2D eigenvalue weighted by atomic mass is 9.90. The predicted octanol–water partition coefficient (Wildman–Crippen LogP) is 2.95. The van der Waals surface area contributed by atoms with E-state index < -0.39 is 17.5 Å². The van der Waals surface area contributed by atoms with Crippen LogP contribution in [-0.2, 0) is 24.6 Å². The topological polar surface area (TPSA) is 65.0 Å². The van der Waals surface area contributed by atoms with Gasteiger partial charge in [-0.15, -0.1) is 11.3 Å².